The summed E-state index contributed by atoms with van der Waals surface area (Å²) in [6.07, 6.45) is 0.539. The van der Waals surface area contributed by atoms with Crippen LogP contribution in [-0.4, -0.2) is 20.7 Å². The highest BCUT2D eigenvalue weighted by Gasteiger charge is 2.20. The van der Waals surface area contributed by atoms with E-state index < -0.39 is 10.0 Å². The molecule has 0 radical (unpaired) electrons. The van der Waals surface area contributed by atoms with Gasteiger partial charge in [-0.25, -0.2) is 8.42 Å². The molecular formula is C11H14N2O2S. The Bertz CT molecular complexity index is 463. The normalized spacial score (nSPS) is 10.8. The molecule has 0 bridgehead atoms. The smallest absolute Gasteiger partial charge is 0.236 e. The molecule has 0 fully saturated rings. The van der Waals surface area contributed by atoms with Crippen LogP contribution in [0.2, 0.25) is 0 Å². The summed E-state index contributed by atoms with van der Waals surface area (Å²) in [5.41, 5.74) is 0.539. The van der Waals surface area contributed by atoms with Crippen molar-refractivity contribution in [3.8, 4) is 6.07 Å². The van der Waals surface area contributed by atoms with E-state index in [-0.39, 0.29) is 12.3 Å². The van der Waals surface area contributed by atoms with Crippen molar-refractivity contribution >= 4 is 15.7 Å². The van der Waals surface area contributed by atoms with Crippen LogP contribution >= 0.6 is 0 Å². The molecule has 0 heterocycles. The maximum Gasteiger partial charge on any atom is 0.236 e. The molecule has 1 rings (SSSR count). The molecule has 0 unspecified atom stereocenters. The molecule has 0 saturated heterocycles. The summed E-state index contributed by atoms with van der Waals surface area (Å²) in [5.74, 6) is 0.0591. The lowest BCUT2D eigenvalue weighted by Gasteiger charge is -2.21. The molecule has 0 atom stereocenters. The standard InChI is InChI=1S/C11H14N2O2S/c1-2-10-16(14,15)13(9-8-12)11-6-4-3-5-7-11/h3-7H,2,9-10H2,1H3. The molecule has 5 heteroatoms. The summed E-state index contributed by atoms with van der Waals surface area (Å²) < 4.78 is 24.9. The fraction of sp³-hybridized carbons (Fsp3) is 0.364. The SMILES string of the molecule is CCCS(=O)(=O)N(CC#N)c1ccccc1. The minimum absolute atomic E-state index is 0.0591. The lowest BCUT2D eigenvalue weighted by atomic mass is 10.3. The maximum absolute atomic E-state index is 11.9. The van der Waals surface area contributed by atoms with Crippen molar-refractivity contribution in [3.63, 3.8) is 0 Å². The van der Waals surface area contributed by atoms with Crippen molar-refractivity contribution in [2.45, 2.75) is 13.3 Å². The van der Waals surface area contributed by atoms with Crippen LogP contribution in [0.15, 0.2) is 30.3 Å². The van der Waals surface area contributed by atoms with Gasteiger partial charge in [0, 0.05) is 0 Å². The number of benzene rings is 1. The number of para-hydroxylation sites is 1. The molecule has 0 N–H and O–H groups in total. The van der Waals surface area contributed by atoms with Gasteiger partial charge in [0.2, 0.25) is 10.0 Å². The Hall–Kier alpha value is -1.54. The number of sulfonamides is 1. The van der Waals surface area contributed by atoms with Gasteiger partial charge in [0.1, 0.15) is 6.54 Å². The number of rotatable bonds is 5. The van der Waals surface area contributed by atoms with E-state index in [4.69, 9.17) is 5.26 Å². The zero-order valence-corrected chi connectivity index (χ0v) is 9.94. The lowest BCUT2D eigenvalue weighted by molar-refractivity contribution is 0.591. The van der Waals surface area contributed by atoms with E-state index in [0.717, 1.165) is 4.31 Å². The highest BCUT2D eigenvalue weighted by atomic mass is 32.2. The van der Waals surface area contributed by atoms with Gasteiger partial charge in [-0.1, -0.05) is 25.1 Å². The Labute approximate surface area is 96.2 Å². The van der Waals surface area contributed by atoms with Gasteiger partial charge in [-0.05, 0) is 18.6 Å². The average molecular weight is 238 g/mol. The van der Waals surface area contributed by atoms with Crippen molar-refractivity contribution in [2.75, 3.05) is 16.6 Å². The van der Waals surface area contributed by atoms with Gasteiger partial charge >= 0.3 is 0 Å². The van der Waals surface area contributed by atoms with Gasteiger partial charge < -0.3 is 0 Å². The Morgan fingerprint density at radius 2 is 1.94 bits per heavy atom. The van der Waals surface area contributed by atoms with Gasteiger partial charge in [0.15, 0.2) is 0 Å². The van der Waals surface area contributed by atoms with E-state index in [2.05, 4.69) is 0 Å². The van der Waals surface area contributed by atoms with Crippen molar-refractivity contribution in [3.05, 3.63) is 30.3 Å². The van der Waals surface area contributed by atoms with E-state index >= 15 is 0 Å². The second kappa shape index (κ2) is 5.52. The zero-order chi connectivity index (χ0) is 12.0. The Kier molecular flexibility index (Phi) is 4.32. The van der Waals surface area contributed by atoms with E-state index in [0.29, 0.717) is 12.1 Å². The predicted molar refractivity (Wildman–Crippen MR) is 63.5 cm³/mol. The molecule has 0 amide bonds. The van der Waals surface area contributed by atoms with Crippen LogP contribution in [0.5, 0.6) is 0 Å². The van der Waals surface area contributed by atoms with Gasteiger partial charge in [0.05, 0.1) is 17.5 Å². The van der Waals surface area contributed by atoms with Crippen LogP contribution < -0.4 is 4.31 Å². The third-order valence-corrected chi connectivity index (χ3v) is 3.99. The molecule has 0 aliphatic rings. The van der Waals surface area contributed by atoms with Crippen LogP contribution in [-0.2, 0) is 10.0 Å². The van der Waals surface area contributed by atoms with Gasteiger partial charge in [-0.15, -0.1) is 0 Å². The first-order chi connectivity index (χ1) is 7.61. The Morgan fingerprint density at radius 3 is 2.44 bits per heavy atom. The highest BCUT2D eigenvalue weighted by molar-refractivity contribution is 7.92. The number of hydrogen-bond acceptors (Lipinski definition) is 3. The quantitative estimate of drug-likeness (QED) is 0.734. The Balaban J connectivity index is 3.06. The van der Waals surface area contributed by atoms with Gasteiger partial charge in [-0.2, -0.15) is 5.26 Å². The molecule has 0 aliphatic carbocycles. The molecule has 0 spiro atoms. The second-order valence-corrected chi connectivity index (χ2v) is 5.33. The van der Waals surface area contributed by atoms with Crippen LogP contribution in [0, 0.1) is 11.3 Å². The summed E-state index contributed by atoms with van der Waals surface area (Å²) in [4.78, 5) is 0. The average Bonchev–Trinajstić information content (AvgIpc) is 2.27. The lowest BCUT2D eigenvalue weighted by Crippen LogP contribution is -2.33. The first-order valence-electron chi connectivity index (χ1n) is 5.04. The first-order valence-corrected chi connectivity index (χ1v) is 6.65. The Morgan fingerprint density at radius 1 is 1.31 bits per heavy atom. The van der Waals surface area contributed by atoms with Crippen molar-refractivity contribution in [2.24, 2.45) is 0 Å². The zero-order valence-electron chi connectivity index (χ0n) is 9.13. The third-order valence-electron chi connectivity index (χ3n) is 2.06. The molecule has 86 valence electrons. The molecule has 1 aromatic carbocycles. The van der Waals surface area contributed by atoms with Crippen molar-refractivity contribution in [1.82, 2.24) is 0 Å². The number of nitrogens with zero attached hydrogens (tertiary/aromatic N) is 2. The minimum atomic E-state index is -3.38. The maximum atomic E-state index is 11.9. The molecule has 0 aromatic heterocycles. The molecule has 0 saturated carbocycles. The minimum Gasteiger partial charge on any atom is -0.256 e. The first kappa shape index (κ1) is 12.5. The summed E-state index contributed by atoms with van der Waals surface area (Å²) in [7, 11) is -3.38. The summed E-state index contributed by atoms with van der Waals surface area (Å²) >= 11 is 0. The molecular weight excluding hydrogens is 224 g/mol. The van der Waals surface area contributed by atoms with Crippen LogP contribution in [0.25, 0.3) is 0 Å². The van der Waals surface area contributed by atoms with Gasteiger partial charge in [-0.3, -0.25) is 4.31 Å². The molecule has 16 heavy (non-hydrogen) atoms. The topological polar surface area (TPSA) is 61.2 Å². The van der Waals surface area contributed by atoms with Gasteiger partial charge in [0.25, 0.3) is 0 Å². The predicted octanol–water partition coefficient (Wildman–Crippen LogP) is 1.76. The van der Waals surface area contributed by atoms with E-state index in [1.54, 1.807) is 37.3 Å². The van der Waals surface area contributed by atoms with Crippen molar-refractivity contribution in [1.29, 1.82) is 5.26 Å². The fourth-order valence-corrected chi connectivity index (χ4v) is 2.81. The monoisotopic (exact) mass is 238 g/mol. The van der Waals surface area contributed by atoms with E-state index in [1.165, 1.54) is 0 Å². The fourth-order valence-electron chi connectivity index (χ4n) is 1.38. The van der Waals surface area contributed by atoms with Crippen LogP contribution in [0.3, 0.4) is 0 Å². The largest absolute Gasteiger partial charge is 0.256 e. The number of hydrogen-bond donors (Lipinski definition) is 0. The second-order valence-electron chi connectivity index (χ2n) is 3.32. The van der Waals surface area contributed by atoms with Crippen molar-refractivity contribution < 1.29 is 8.42 Å². The summed E-state index contributed by atoms with van der Waals surface area (Å²) in [5, 5.41) is 8.67. The van der Waals surface area contributed by atoms with E-state index in [1.807, 2.05) is 6.07 Å². The number of anilines is 1. The summed E-state index contributed by atoms with van der Waals surface area (Å²) in [6, 6.07) is 10.6. The summed E-state index contributed by atoms with van der Waals surface area (Å²) in [6.45, 7) is 1.65. The van der Waals surface area contributed by atoms with E-state index in [9.17, 15) is 8.42 Å². The number of nitriles is 1. The third kappa shape index (κ3) is 2.97. The van der Waals surface area contributed by atoms with Crippen LogP contribution in [0.1, 0.15) is 13.3 Å². The molecule has 4 nitrogen and oxygen atoms in total. The molecule has 1 aromatic rings. The highest BCUT2D eigenvalue weighted by Crippen LogP contribution is 2.17. The molecule has 0 aliphatic heterocycles. The van der Waals surface area contributed by atoms with Crippen LogP contribution in [0.4, 0.5) is 5.69 Å².